The van der Waals surface area contributed by atoms with Gasteiger partial charge < -0.3 is 4.74 Å². The standard InChI is InChI=1S/C10H20N2O2/c1-7(8-5-6-8)11-12-9(13)14-10(2,3)4/h7-8,11H,5-6H2,1-4H3,(H,12,13)/t7-/m1/s1. The van der Waals surface area contributed by atoms with E-state index < -0.39 is 11.7 Å². The molecule has 2 N–H and O–H groups in total. The number of hydrogen-bond donors (Lipinski definition) is 2. The zero-order valence-electron chi connectivity index (χ0n) is 9.39. The zero-order chi connectivity index (χ0) is 10.8. The van der Waals surface area contributed by atoms with Crippen molar-refractivity contribution in [2.24, 2.45) is 5.92 Å². The molecule has 0 unspecified atom stereocenters. The van der Waals surface area contributed by atoms with Crippen molar-refractivity contribution in [1.82, 2.24) is 10.9 Å². The molecule has 0 aromatic heterocycles. The van der Waals surface area contributed by atoms with Gasteiger partial charge in [-0.05, 0) is 46.5 Å². The number of carbonyl (C=O) groups excluding carboxylic acids is 1. The smallest absolute Gasteiger partial charge is 0.422 e. The Hall–Kier alpha value is -0.770. The molecule has 0 aliphatic heterocycles. The Morgan fingerprint density at radius 2 is 2.00 bits per heavy atom. The average Bonchev–Trinajstić information content (AvgIpc) is 2.78. The molecule has 0 bridgehead atoms. The molecule has 1 atom stereocenters. The molecule has 0 aromatic rings. The van der Waals surface area contributed by atoms with Crippen molar-refractivity contribution < 1.29 is 9.53 Å². The van der Waals surface area contributed by atoms with Gasteiger partial charge in [0.05, 0.1) is 0 Å². The molecule has 1 aliphatic rings. The first-order chi connectivity index (χ1) is 6.38. The largest absolute Gasteiger partial charge is 0.443 e. The molecule has 0 radical (unpaired) electrons. The third-order valence-electron chi connectivity index (χ3n) is 2.13. The van der Waals surface area contributed by atoms with Crippen LogP contribution in [-0.4, -0.2) is 17.7 Å². The van der Waals surface area contributed by atoms with Crippen LogP contribution in [0, 0.1) is 5.92 Å². The van der Waals surface area contributed by atoms with Crippen molar-refractivity contribution in [3.05, 3.63) is 0 Å². The fraction of sp³-hybridized carbons (Fsp3) is 0.900. The molecule has 1 amide bonds. The number of carbonyl (C=O) groups is 1. The Morgan fingerprint density at radius 3 is 2.43 bits per heavy atom. The van der Waals surface area contributed by atoms with Crippen LogP contribution in [0.3, 0.4) is 0 Å². The second-order valence-electron chi connectivity index (χ2n) is 4.90. The fourth-order valence-corrected chi connectivity index (χ4v) is 1.19. The summed E-state index contributed by atoms with van der Waals surface area (Å²) in [5, 5.41) is 0. The van der Waals surface area contributed by atoms with Crippen LogP contribution in [0.25, 0.3) is 0 Å². The fourth-order valence-electron chi connectivity index (χ4n) is 1.19. The highest BCUT2D eigenvalue weighted by molar-refractivity contribution is 5.67. The van der Waals surface area contributed by atoms with Gasteiger partial charge in [0.1, 0.15) is 5.60 Å². The molecule has 1 fully saturated rings. The van der Waals surface area contributed by atoms with E-state index in [-0.39, 0.29) is 0 Å². The minimum absolute atomic E-state index is 0.336. The van der Waals surface area contributed by atoms with Crippen molar-refractivity contribution >= 4 is 6.09 Å². The molecular weight excluding hydrogens is 180 g/mol. The van der Waals surface area contributed by atoms with Gasteiger partial charge in [-0.25, -0.2) is 10.2 Å². The molecule has 1 saturated carbocycles. The molecule has 4 heteroatoms. The van der Waals surface area contributed by atoms with Crippen molar-refractivity contribution in [2.45, 2.75) is 52.2 Å². The molecule has 0 saturated heterocycles. The molecule has 4 nitrogen and oxygen atoms in total. The Morgan fingerprint density at radius 1 is 1.43 bits per heavy atom. The first-order valence-corrected chi connectivity index (χ1v) is 5.13. The number of ether oxygens (including phenoxy) is 1. The maximum absolute atomic E-state index is 11.2. The van der Waals surface area contributed by atoms with Crippen LogP contribution in [0.1, 0.15) is 40.5 Å². The van der Waals surface area contributed by atoms with Gasteiger partial charge in [-0.1, -0.05) is 0 Å². The van der Waals surface area contributed by atoms with Crippen LogP contribution in [0.4, 0.5) is 4.79 Å². The summed E-state index contributed by atoms with van der Waals surface area (Å²) >= 11 is 0. The lowest BCUT2D eigenvalue weighted by Crippen LogP contribution is -2.46. The van der Waals surface area contributed by atoms with Crippen LogP contribution >= 0.6 is 0 Å². The van der Waals surface area contributed by atoms with Crippen molar-refractivity contribution in [3.8, 4) is 0 Å². The number of hydrogen-bond acceptors (Lipinski definition) is 3. The molecule has 14 heavy (non-hydrogen) atoms. The third kappa shape index (κ3) is 4.46. The van der Waals surface area contributed by atoms with Crippen LogP contribution in [0.2, 0.25) is 0 Å². The normalized spacial score (nSPS) is 18.9. The lowest BCUT2D eigenvalue weighted by atomic mass is 10.2. The summed E-state index contributed by atoms with van der Waals surface area (Å²) in [6.45, 7) is 7.60. The summed E-state index contributed by atoms with van der Waals surface area (Å²) in [4.78, 5) is 11.2. The minimum atomic E-state index is -0.436. The van der Waals surface area contributed by atoms with Gasteiger partial charge in [-0.3, -0.25) is 5.43 Å². The van der Waals surface area contributed by atoms with E-state index in [2.05, 4.69) is 17.8 Å². The molecule has 1 rings (SSSR count). The second-order valence-corrected chi connectivity index (χ2v) is 4.90. The minimum Gasteiger partial charge on any atom is -0.443 e. The Labute approximate surface area is 85.4 Å². The maximum Gasteiger partial charge on any atom is 0.422 e. The first-order valence-electron chi connectivity index (χ1n) is 5.13. The molecule has 0 heterocycles. The molecule has 1 aliphatic carbocycles. The quantitative estimate of drug-likeness (QED) is 0.683. The lowest BCUT2D eigenvalue weighted by Gasteiger charge is -2.21. The van der Waals surface area contributed by atoms with Crippen molar-refractivity contribution in [2.75, 3.05) is 0 Å². The molecule has 82 valence electrons. The number of hydrazine groups is 1. The summed E-state index contributed by atoms with van der Waals surface area (Å²) in [6, 6.07) is 0.336. The average molecular weight is 200 g/mol. The van der Waals surface area contributed by atoms with Crippen LogP contribution in [-0.2, 0) is 4.74 Å². The van der Waals surface area contributed by atoms with Gasteiger partial charge >= 0.3 is 6.09 Å². The van der Waals surface area contributed by atoms with Gasteiger partial charge in [-0.2, -0.15) is 0 Å². The molecule has 0 aromatic carbocycles. The highest BCUT2D eigenvalue weighted by Gasteiger charge is 2.28. The highest BCUT2D eigenvalue weighted by atomic mass is 16.6. The maximum atomic E-state index is 11.2. The topological polar surface area (TPSA) is 50.4 Å². The lowest BCUT2D eigenvalue weighted by molar-refractivity contribution is 0.0487. The predicted octanol–water partition coefficient (Wildman–Crippen LogP) is 1.81. The van der Waals surface area contributed by atoms with Crippen molar-refractivity contribution in [3.63, 3.8) is 0 Å². The summed E-state index contributed by atoms with van der Waals surface area (Å²) in [5.41, 5.74) is 5.06. The summed E-state index contributed by atoms with van der Waals surface area (Å²) in [6.07, 6.45) is 2.10. The van der Waals surface area contributed by atoms with Gasteiger partial charge in [-0.15, -0.1) is 0 Å². The Balaban J connectivity index is 2.14. The number of nitrogens with one attached hydrogen (secondary N) is 2. The van der Waals surface area contributed by atoms with E-state index in [1.165, 1.54) is 12.8 Å². The van der Waals surface area contributed by atoms with E-state index in [1.807, 2.05) is 20.8 Å². The van der Waals surface area contributed by atoms with E-state index in [0.29, 0.717) is 12.0 Å². The first kappa shape index (κ1) is 11.3. The number of amides is 1. The Kier molecular flexibility index (Phi) is 3.37. The van der Waals surface area contributed by atoms with Gasteiger partial charge in [0, 0.05) is 6.04 Å². The van der Waals surface area contributed by atoms with E-state index in [9.17, 15) is 4.79 Å². The molecular formula is C10H20N2O2. The summed E-state index contributed by atoms with van der Waals surface area (Å²) in [5.74, 6) is 0.713. The summed E-state index contributed by atoms with van der Waals surface area (Å²) in [7, 11) is 0. The van der Waals surface area contributed by atoms with Crippen molar-refractivity contribution in [1.29, 1.82) is 0 Å². The van der Waals surface area contributed by atoms with Gasteiger partial charge in [0.2, 0.25) is 0 Å². The van der Waals surface area contributed by atoms with Gasteiger partial charge in [0.25, 0.3) is 0 Å². The zero-order valence-corrected chi connectivity index (χ0v) is 9.39. The van der Waals surface area contributed by atoms with E-state index >= 15 is 0 Å². The van der Waals surface area contributed by atoms with Crippen LogP contribution in [0.15, 0.2) is 0 Å². The highest BCUT2D eigenvalue weighted by Crippen LogP contribution is 2.31. The van der Waals surface area contributed by atoms with E-state index in [1.54, 1.807) is 0 Å². The van der Waals surface area contributed by atoms with E-state index in [4.69, 9.17) is 4.74 Å². The third-order valence-corrected chi connectivity index (χ3v) is 2.13. The van der Waals surface area contributed by atoms with Gasteiger partial charge in [0.15, 0.2) is 0 Å². The number of rotatable bonds is 3. The van der Waals surface area contributed by atoms with E-state index in [0.717, 1.165) is 0 Å². The SMILES string of the molecule is C[C@@H](NNC(=O)OC(C)(C)C)C1CC1. The Bertz CT molecular complexity index is 207. The van der Waals surface area contributed by atoms with Crippen LogP contribution < -0.4 is 10.9 Å². The monoisotopic (exact) mass is 200 g/mol. The second kappa shape index (κ2) is 4.17. The summed E-state index contributed by atoms with van der Waals surface area (Å²) < 4.78 is 5.08. The molecule has 0 spiro atoms. The predicted molar refractivity (Wildman–Crippen MR) is 54.7 cm³/mol. The van der Waals surface area contributed by atoms with Crippen LogP contribution in [0.5, 0.6) is 0 Å².